The van der Waals surface area contributed by atoms with E-state index >= 15 is 0 Å². The van der Waals surface area contributed by atoms with Crippen LogP contribution in [0.3, 0.4) is 0 Å². The fourth-order valence-electron chi connectivity index (χ4n) is 11.2. The van der Waals surface area contributed by atoms with Gasteiger partial charge >= 0.3 is 0 Å². The molecule has 4 aromatic rings. The third-order valence-corrected chi connectivity index (χ3v) is 15.8. The van der Waals surface area contributed by atoms with Gasteiger partial charge in [0.15, 0.2) is 5.82 Å². The van der Waals surface area contributed by atoms with Gasteiger partial charge in [-0.2, -0.15) is 0 Å². The molecule has 4 amide bonds. The Bertz CT molecular complexity index is 3170. The molecule has 21 heteroatoms. The Morgan fingerprint density at radius 1 is 0.807 bits per heavy atom. The number of aryl methyl sites for hydroxylation is 1. The molecule has 0 spiro atoms. The lowest BCUT2D eigenvalue weighted by Gasteiger charge is -2.35. The standard InChI is InChI=1S/C62H76ClN9O11/c1-38(2)58(71-36-46-9-7-8-10-50(46)61(71)76)62(77)70-37-48(73)33-53(70)60(75)66-35-45-12-11-44(49-17-18-64-41(49)5)32-54(45)83-30-29-82-28-27-81-26-25-80-24-23-79-22-21-78-20-19-65-55(74)34-51-59-69-68-42(6)72(59)52-31-39(3)40(4)56(52)57(67-51)43-13-15-47(63)16-14-43/h7-16,18,32,38,48,51,53,58,73H,17,19-31,33-37H2,1-6H3,(H,65,74)(H,66,75)/t48?,51?,53?,58-/m0/s1. The summed E-state index contributed by atoms with van der Waals surface area (Å²) in [7, 11) is 0. The molecular formula is C62H76ClN9O11. The highest BCUT2D eigenvalue weighted by Gasteiger charge is 2.46. The van der Waals surface area contributed by atoms with Crippen LogP contribution in [0, 0.1) is 12.8 Å². The lowest BCUT2D eigenvalue weighted by atomic mass is 9.97. The molecule has 5 heterocycles. The highest BCUT2D eigenvalue weighted by Crippen LogP contribution is 2.42. The number of hydrogen-bond acceptors (Lipinski definition) is 15. The molecule has 0 saturated carbocycles. The van der Waals surface area contributed by atoms with E-state index in [4.69, 9.17) is 45.0 Å². The normalized spacial score (nSPS) is 18.7. The predicted octanol–water partition coefficient (Wildman–Crippen LogP) is 6.87. The van der Waals surface area contributed by atoms with Crippen LogP contribution in [0.4, 0.5) is 0 Å². The molecule has 1 aromatic heterocycles. The molecule has 442 valence electrons. The molecular weight excluding hydrogens is 1080 g/mol. The van der Waals surface area contributed by atoms with Crippen LogP contribution in [0.1, 0.15) is 111 Å². The monoisotopic (exact) mass is 1160 g/mol. The second-order valence-electron chi connectivity index (χ2n) is 21.6. The Labute approximate surface area is 489 Å². The summed E-state index contributed by atoms with van der Waals surface area (Å²) in [5.74, 6) is 0.591. The van der Waals surface area contributed by atoms with Crippen LogP contribution < -0.4 is 15.4 Å². The first-order valence-corrected chi connectivity index (χ1v) is 29.0. The van der Waals surface area contributed by atoms with Gasteiger partial charge in [-0.1, -0.05) is 73.5 Å². The summed E-state index contributed by atoms with van der Waals surface area (Å²) in [5.41, 5.74) is 11.4. The van der Waals surface area contributed by atoms with Crippen LogP contribution in [0.5, 0.6) is 5.75 Å². The van der Waals surface area contributed by atoms with Gasteiger partial charge in [0, 0.05) is 90.3 Å². The molecule has 3 N–H and O–H groups in total. The molecule has 3 aromatic carbocycles. The summed E-state index contributed by atoms with van der Waals surface area (Å²) in [6.07, 6.45) is 2.61. The number of likely N-dealkylation sites (tertiary alicyclic amines) is 1. The molecule has 4 aliphatic heterocycles. The van der Waals surface area contributed by atoms with Crippen LogP contribution in [0.25, 0.3) is 11.3 Å². The summed E-state index contributed by atoms with van der Waals surface area (Å²) >= 11 is 6.25. The highest BCUT2D eigenvalue weighted by atomic mass is 35.5. The van der Waals surface area contributed by atoms with E-state index in [1.54, 1.807) is 17.0 Å². The zero-order valence-corrected chi connectivity index (χ0v) is 49.0. The minimum Gasteiger partial charge on any atom is -0.491 e. The molecule has 1 saturated heterocycles. The number of amides is 4. The number of fused-ring (bicyclic) bond motifs is 3. The third kappa shape index (κ3) is 14.7. The van der Waals surface area contributed by atoms with Gasteiger partial charge in [-0.3, -0.25) is 33.7 Å². The molecule has 83 heavy (non-hydrogen) atoms. The average molecular weight is 1160 g/mol. The van der Waals surface area contributed by atoms with E-state index in [2.05, 4.69) is 44.2 Å². The van der Waals surface area contributed by atoms with Gasteiger partial charge < -0.3 is 54.0 Å². The smallest absolute Gasteiger partial charge is 0.255 e. The van der Waals surface area contributed by atoms with Gasteiger partial charge in [-0.25, -0.2) is 0 Å². The van der Waals surface area contributed by atoms with Crippen molar-refractivity contribution in [2.24, 2.45) is 15.9 Å². The topological polar surface area (TPSA) is 230 Å². The van der Waals surface area contributed by atoms with Gasteiger partial charge in [0.25, 0.3) is 5.91 Å². The largest absolute Gasteiger partial charge is 0.491 e. The van der Waals surface area contributed by atoms with Crippen LogP contribution >= 0.6 is 11.6 Å². The number of benzene rings is 3. The van der Waals surface area contributed by atoms with E-state index in [-0.39, 0.29) is 56.2 Å². The summed E-state index contributed by atoms with van der Waals surface area (Å²) in [4.78, 5) is 67.6. The number of nitrogens with zero attached hydrogens (tertiary/aromatic N) is 7. The summed E-state index contributed by atoms with van der Waals surface area (Å²) in [5, 5.41) is 26.3. The van der Waals surface area contributed by atoms with Crippen molar-refractivity contribution in [3.63, 3.8) is 0 Å². The summed E-state index contributed by atoms with van der Waals surface area (Å²) in [6, 6.07) is 18.5. The molecule has 3 unspecified atom stereocenters. The van der Waals surface area contributed by atoms with Gasteiger partial charge in [0.2, 0.25) is 17.7 Å². The van der Waals surface area contributed by atoms with Crippen molar-refractivity contribution in [1.29, 1.82) is 0 Å². The van der Waals surface area contributed by atoms with Crippen molar-refractivity contribution in [1.82, 2.24) is 35.2 Å². The maximum Gasteiger partial charge on any atom is 0.255 e. The number of carbonyl (C=O) groups is 4. The molecule has 4 atom stereocenters. The molecule has 1 fully saturated rings. The number of aliphatic hydroxyl groups is 1. The number of aromatic nitrogens is 3. The van der Waals surface area contributed by atoms with Crippen LogP contribution in [-0.4, -0.2) is 169 Å². The van der Waals surface area contributed by atoms with E-state index < -0.39 is 30.1 Å². The maximum absolute atomic E-state index is 14.3. The van der Waals surface area contributed by atoms with Crippen molar-refractivity contribution in [3.05, 3.63) is 134 Å². The van der Waals surface area contributed by atoms with Gasteiger partial charge in [-0.05, 0) is 80.2 Å². The molecule has 5 aliphatic rings. The van der Waals surface area contributed by atoms with Gasteiger partial charge in [-0.15, -0.1) is 10.2 Å². The Hall–Kier alpha value is -6.91. The van der Waals surface area contributed by atoms with Crippen molar-refractivity contribution in [2.45, 2.75) is 105 Å². The number of halogens is 1. The molecule has 9 rings (SSSR count). The second kappa shape index (κ2) is 28.6. The van der Waals surface area contributed by atoms with Crippen molar-refractivity contribution < 1.29 is 52.7 Å². The first-order valence-electron chi connectivity index (χ1n) is 28.6. The Kier molecular flexibility index (Phi) is 20.9. The Morgan fingerprint density at radius 2 is 1.47 bits per heavy atom. The van der Waals surface area contributed by atoms with E-state index in [0.29, 0.717) is 108 Å². The SMILES string of the molecule is CC1=C(C)C2=C(C1)n1c(C)nnc1C(CC(=O)NCCOCCOCCOCCOCCOCCOc1cc(C3=C(C)N=CC3)ccc1CNC(=O)C1CC(O)CN1C(=O)[C@H](C(C)C)N1Cc3ccccc3C1=O)N=C2c1ccc(Cl)cc1. The van der Waals surface area contributed by atoms with Crippen molar-refractivity contribution >= 4 is 58.4 Å². The van der Waals surface area contributed by atoms with E-state index in [0.717, 1.165) is 68.3 Å². The molecule has 20 nitrogen and oxygen atoms in total. The number of ether oxygens (including phenoxy) is 6. The number of carbonyl (C=O) groups excluding carboxylic acids is 4. The Morgan fingerprint density at radius 3 is 2.13 bits per heavy atom. The fraction of sp³-hybridized carbons (Fsp3) is 0.484. The van der Waals surface area contributed by atoms with Crippen LogP contribution in [-0.2, 0) is 51.2 Å². The lowest BCUT2D eigenvalue weighted by molar-refractivity contribution is -0.143. The summed E-state index contributed by atoms with van der Waals surface area (Å²) < 4.78 is 36.8. The molecule has 0 bridgehead atoms. The van der Waals surface area contributed by atoms with E-state index in [1.807, 2.05) is 88.5 Å². The van der Waals surface area contributed by atoms with E-state index in [9.17, 15) is 24.3 Å². The lowest BCUT2D eigenvalue weighted by Crippen LogP contribution is -2.55. The quantitative estimate of drug-likeness (QED) is 0.0472. The number of allylic oxidation sites excluding steroid dienone is 6. The number of aliphatic hydroxyl groups excluding tert-OH is 1. The first kappa shape index (κ1) is 60.7. The number of β-amino-alcohol motifs (C(OH)–C–C–N with tert-alkyl or cyclic N) is 1. The van der Waals surface area contributed by atoms with E-state index in [1.165, 1.54) is 10.5 Å². The number of hydrogen-bond donors (Lipinski definition) is 3. The first-order chi connectivity index (χ1) is 40.2. The van der Waals surface area contributed by atoms with Gasteiger partial charge in [0.05, 0.1) is 84.3 Å². The number of aliphatic imine (C=N–C) groups is 2. The predicted molar refractivity (Wildman–Crippen MR) is 314 cm³/mol. The zero-order valence-electron chi connectivity index (χ0n) is 48.3. The van der Waals surface area contributed by atoms with Crippen LogP contribution in [0.15, 0.2) is 99.1 Å². The second-order valence-corrected chi connectivity index (χ2v) is 22.0. The highest BCUT2D eigenvalue weighted by molar-refractivity contribution is 6.31. The van der Waals surface area contributed by atoms with Crippen molar-refractivity contribution in [2.75, 3.05) is 85.8 Å². The number of rotatable bonds is 29. The average Bonchev–Trinajstić information content (AvgIpc) is 3.60. The third-order valence-electron chi connectivity index (χ3n) is 15.5. The minimum absolute atomic E-state index is 0.00565. The molecule has 0 radical (unpaired) electrons. The Balaban J connectivity index is 0.631. The van der Waals surface area contributed by atoms with Crippen LogP contribution in [0.2, 0.25) is 5.02 Å². The van der Waals surface area contributed by atoms with Gasteiger partial charge in [0.1, 0.15) is 36.3 Å². The maximum atomic E-state index is 14.3. The summed E-state index contributed by atoms with van der Waals surface area (Å²) in [6.45, 7) is 16.5. The van der Waals surface area contributed by atoms with Crippen molar-refractivity contribution in [3.8, 4) is 5.75 Å². The zero-order chi connectivity index (χ0) is 58.6. The minimum atomic E-state index is -0.916. The number of nitrogens with one attached hydrogen (secondary N) is 2. The fourth-order valence-corrected chi connectivity index (χ4v) is 11.3. The molecule has 1 aliphatic carbocycles.